The first-order chi connectivity index (χ1) is 5.46. The molecule has 3 atom stereocenters. The van der Waals surface area contributed by atoms with Gasteiger partial charge in [-0.2, -0.15) is 0 Å². The number of carbonyl (C=O) groups excluding carboxylic acids is 1. The Hall–Kier alpha value is -0.570. The molecule has 1 rings (SSSR count). The maximum atomic E-state index is 11.7. The maximum Gasteiger partial charge on any atom is 0.240 e. The summed E-state index contributed by atoms with van der Waals surface area (Å²) in [5.74, 6) is 0.250. The predicted octanol–water partition coefficient (Wildman–Crippen LogP) is 0.556. The van der Waals surface area contributed by atoms with Crippen molar-refractivity contribution in [3.63, 3.8) is 0 Å². The van der Waals surface area contributed by atoms with Gasteiger partial charge in [0.2, 0.25) is 5.91 Å². The summed E-state index contributed by atoms with van der Waals surface area (Å²) >= 11 is 0. The van der Waals surface area contributed by atoms with Crippen LogP contribution < -0.4 is 0 Å². The molecule has 0 aromatic carbocycles. The molecule has 0 aromatic heterocycles. The molecular weight excluding hydrogens is 152 g/mol. The third-order valence-corrected chi connectivity index (χ3v) is 2.87. The van der Waals surface area contributed by atoms with E-state index in [4.69, 9.17) is 0 Å². The summed E-state index contributed by atoms with van der Waals surface area (Å²) in [5.41, 5.74) is 0. The Kier molecular flexibility index (Phi) is 2.42. The molecule has 0 bridgehead atoms. The molecule has 1 saturated heterocycles. The van der Waals surface area contributed by atoms with Gasteiger partial charge >= 0.3 is 0 Å². The smallest absolute Gasteiger partial charge is 0.240 e. The molecule has 0 radical (unpaired) electrons. The molecule has 1 amide bonds. The quantitative estimate of drug-likeness (QED) is 0.565. The van der Waals surface area contributed by atoms with Crippen LogP contribution in [-0.2, 0) is 4.79 Å². The van der Waals surface area contributed by atoms with Crippen LogP contribution >= 0.6 is 0 Å². The van der Waals surface area contributed by atoms with Crippen LogP contribution in [0.5, 0.6) is 0 Å². The SMILES string of the molecule is CC(C(=O)N1C(C)C1C)N(C)C. The van der Waals surface area contributed by atoms with Crippen molar-refractivity contribution >= 4 is 5.91 Å². The van der Waals surface area contributed by atoms with Gasteiger partial charge < -0.3 is 4.90 Å². The second-order valence-corrected chi connectivity index (χ2v) is 3.87. The summed E-state index contributed by atoms with van der Waals surface area (Å²) < 4.78 is 0. The van der Waals surface area contributed by atoms with Crippen molar-refractivity contribution in [3.8, 4) is 0 Å². The summed E-state index contributed by atoms with van der Waals surface area (Å²) in [5, 5.41) is 0. The number of likely N-dealkylation sites (N-methyl/N-ethyl adjacent to an activating group) is 1. The van der Waals surface area contributed by atoms with E-state index in [-0.39, 0.29) is 11.9 Å². The van der Waals surface area contributed by atoms with E-state index in [9.17, 15) is 4.79 Å². The Bertz CT molecular complexity index is 172. The Balaban J connectivity index is 2.50. The van der Waals surface area contributed by atoms with Gasteiger partial charge in [-0.1, -0.05) is 0 Å². The van der Waals surface area contributed by atoms with E-state index in [0.717, 1.165) is 0 Å². The maximum absolute atomic E-state index is 11.7. The minimum atomic E-state index is 0.0115. The third kappa shape index (κ3) is 1.46. The van der Waals surface area contributed by atoms with Crippen molar-refractivity contribution in [3.05, 3.63) is 0 Å². The first kappa shape index (κ1) is 9.52. The van der Waals surface area contributed by atoms with Gasteiger partial charge in [-0.15, -0.1) is 0 Å². The molecule has 1 heterocycles. The lowest BCUT2D eigenvalue weighted by atomic mass is 10.3. The average molecular weight is 170 g/mol. The number of amides is 1. The zero-order valence-corrected chi connectivity index (χ0v) is 8.53. The van der Waals surface area contributed by atoms with Crippen LogP contribution in [0.2, 0.25) is 0 Å². The first-order valence-electron chi connectivity index (χ1n) is 4.45. The fourth-order valence-electron chi connectivity index (χ4n) is 1.34. The summed E-state index contributed by atoms with van der Waals surface area (Å²) in [6.45, 7) is 6.12. The largest absolute Gasteiger partial charge is 0.332 e. The molecule has 70 valence electrons. The monoisotopic (exact) mass is 170 g/mol. The molecule has 0 aliphatic carbocycles. The number of hydrogen-bond donors (Lipinski definition) is 0. The summed E-state index contributed by atoms with van der Waals surface area (Å²) in [4.78, 5) is 15.5. The van der Waals surface area contributed by atoms with Crippen LogP contribution in [0.15, 0.2) is 0 Å². The second kappa shape index (κ2) is 3.05. The molecule has 0 N–H and O–H groups in total. The summed E-state index contributed by atoms with van der Waals surface area (Å²) in [7, 11) is 3.86. The highest BCUT2D eigenvalue weighted by atomic mass is 16.2. The van der Waals surface area contributed by atoms with Crippen molar-refractivity contribution in [2.75, 3.05) is 14.1 Å². The van der Waals surface area contributed by atoms with Crippen molar-refractivity contribution in [1.29, 1.82) is 0 Å². The van der Waals surface area contributed by atoms with E-state index >= 15 is 0 Å². The van der Waals surface area contributed by atoms with Gasteiger partial charge in [-0.25, -0.2) is 0 Å². The Morgan fingerprint density at radius 1 is 1.33 bits per heavy atom. The number of carbonyl (C=O) groups is 1. The molecule has 0 spiro atoms. The molecule has 3 unspecified atom stereocenters. The lowest BCUT2D eigenvalue weighted by Gasteiger charge is -2.19. The molecule has 0 saturated carbocycles. The van der Waals surface area contributed by atoms with Crippen LogP contribution in [0.3, 0.4) is 0 Å². The molecule has 0 aromatic rings. The van der Waals surface area contributed by atoms with Gasteiger partial charge in [0.05, 0.1) is 6.04 Å². The van der Waals surface area contributed by atoms with Crippen molar-refractivity contribution in [1.82, 2.24) is 9.80 Å². The van der Waals surface area contributed by atoms with E-state index in [2.05, 4.69) is 13.8 Å². The molecule has 12 heavy (non-hydrogen) atoms. The third-order valence-electron chi connectivity index (χ3n) is 2.87. The zero-order valence-electron chi connectivity index (χ0n) is 8.53. The Labute approximate surface area is 74.3 Å². The molecule has 1 aliphatic heterocycles. The average Bonchev–Trinajstić information content (AvgIpc) is 2.57. The topological polar surface area (TPSA) is 23.3 Å². The highest BCUT2D eigenvalue weighted by Crippen LogP contribution is 2.28. The number of rotatable bonds is 2. The van der Waals surface area contributed by atoms with Crippen molar-refractivity contribution < 1.29 is 4.79 Å². The molecule has 3 nitrogen and oxygen atoms in total. The fourth-order valence-corrected chi connectivity index (χ4v) is 1.34. The normalized spacial score (nSPS) is 30.7. The predicted molar refractivity (Wildman–Crippen MR) is 48.9 cm³/mol. The minimum Gasteiger partial charge on any atom is -0.332 e. The molecular formula is C9H18N2O. The van der Waals surface area contributed by atoms with E-state index < -0.39 is 0 Å². The molecule has 3 heteroatoms. The van der Waals surface area contributed by atoms with E-state index in [0.29, 0.717) is 12.1 Å². The van der Waals surface area contributed by atoms with Crippen molar-refractivity contribution in [2.45, 2.75) is 38.9 Å². The molecule has 1 aliphatic rings. The number of nitrogens with zero attached hydrogens (tertiary/aromatic N) is 2. The first-order valence-corrected chi connectivity index (χ1v) is 4.45. The van der Waals surface area contributed by atoms with Gasteiger partial charge in [-0.3, -0.25) is 9.69 Å². The van der Waals surface area contributed by atoms with Crippen LogP contribution in [0.1, 0.15) is 20.8 Å². The van der Waals surface area contributed by atoms with Gasteiger partial charge in [0.25, 0.3) is 0 Å². The highest BCUT2D eigenvalue weighted by Gasteiger charge is 2.45. The van der Waals surface area contributed by atoms with Gasteiger partial charge in [0.1, 0.15) is 0 Å². The van der Waals surface area contributed by atoms with Crippen LogP contribution in [0, 0.1) is 0 Å². The Morgan fingerprint density at radius 2 is 1.75 bits per heavy atom. The summed E-state index contributed by atoms with van der Waals surface area (Å²) in [6, 6.07) is 0.900. The highest BCUT2D eigenvalue weighted by molar-refractivity contribution is 5.84. The van der Waals surface area contributed by atoms with Gasteiger partial charge in [0, 0.05) is 12.1 Å². The van der Waals surface area contributed by atoms with E-state index in [1.807, 2.05) is 30.8 Å². The second-order valence-electron chi connectivity index (χ2n) is 3.87. The minimum absolute atomic E-state index is 0.0115. The van der Waals surface area contributed by atoms with Crippen LogP contribution in [0.4, 0.5) is 0 Å². The van der Waals surface area contributed by atoms with Crippen LogP contribution in [-0.4, -0.2) is 47.9 Å². The van der Waals surface area contributed by atoms with E-state index in [1.165, 1.54) is 0 Å². The van der Waals surface area contributed by atoms with Gasteiger partial charge in [-0.05, 0) is 34.9 Å². The Morgan fingerprint density at radius 3 is 2.00 bits per heavy atom. The lowest BCUT2D eigenvalue weighted by Crippen LogP contribution is -2.37. The van der Waals surface area contributed by atoms with Crippen LogP contribution in [0.25, 0.3) is 0 Å². The standard InChI is InChI=1S/C9H18N2O/c1-6-7(2)11(6)9(12)8(3)10(4)5/h6-8H,1-5H3. The number of hydrogen-bond acceptors (Lipinski definition) is 2. The van der Waals surface area contributed by atoms with E-state index in [1.54, 1.807) is 0 Å². The summed E-state index contributed by atoms with van der Waals surface area (Å²) in [6.07, 6.45) is 0. The zero-order chi connectivity index (χ0) is 9.46. The fraction of sp³-hybridized carbons (Fsp3) is 0.889. The van der Waals surface area contributed by atoms with Crippen molar-refractivity contribution in [2.24, 2.45) is 0 Å². The lowest BCUT2D eigenvalue weighted by molar-refractivity contribution is -0.130. The molecule has 1 fully saturated rings. The van der Waals surface area contributed by atoms with Gasteiger partial charge in [0.15, 0.2) is 0 Å².